The zero-order valence-corrected chi connectivity index (χ0v) is 18.9. The molecule has 1 fully saturated rings. The summed E-state index contributed by atoms with van der Waals surface area (Å²) in [7, 11) is -3.81. The fourth-order valence-corrected chi connectivity index (χ4v) is 5.07. The van der Waals surface area contributed by atoms with Crippen molar-refractivity contribution in [2.75, 3.05) is 44.6 Å². The van der Waals surface area contributed by atoms with Gasteiger partial charge in [0, 0.05) is 31.7 Å². The van der Waals surface area contributed by atoms with Gasteiger partial charge in [0.15, 0.2) is 6.61 Å². The molecule has 174 valence electrons. The molecule has 3 amide bonds. The van der Waals surface area contributed by atoms with E-state index in [1.807, 2.05) is 19.1 Å². The number of anilines is 1. The van der Waals surface area contributed by atoms with Crippen LogP contribution in [0.25, 0.3) is 0 Å². The Bertz CT molecular complexity index is 1190. The molecule has 0 atom stereocenters. The van der Waals surface area contributed by atoms with Gasteiger partial charge in [-0.05, 0) is 37.3 Å². The fraction of sp³-hybridized carbons (Fsp3) is 0.318. The zero-order chi connectivity index (χ0) is 23.6. The number of carbonyl (C=O) groups is 3. The third-order valence-corrected chi connectivity index (χ3v) is 7.42. The molecule has 4 rings (SSSR count). The van der Waals surface area contributed by atoms with Gasteiger partial charge < -0.3 is 20.3 Å². The SMILES string of the molecule is Cc1ccc(C(=O)NCC(=O)N2CCN(S(=O)(=O)c3ccc4c(c3)NC(=O)CO4)CC2)cc1. The van der Waals surface area contributed by atoms with Crippen LogP contribution in [0.1, 0.15) is 15.9 Å². The minimum absolute atomic E-state index is 0.0391. The molecule has 0 radical (unpaired) electrons. The van der Waals surface area contributed by atoms with E-state index in [0.717, 1.165) is 5.56 Å². The summed E-state index contributed by atoms with van der Waals surface area (Å²) in [5.74, 6) is -0.551. The summed E-state index contributed by atoms with van der Waals surface area (Å²) in [6, 6.07) is 11.3. The predicted octanol–water partition coefficient (Wildman–Crippen LogP) is 0.589. The standard InChI is InChI=1S/C22H24N4O6S/c1-15-2-4-16(5-3-15)22(29)23-13-21(28)25-8-10-26(11-9-25)33(30,31)17-6-7-19-18(12-17)24-20(27)14-32-19/h2-7,12H,8-11,13-14H2,1H3,(H,23,29)(H,24,27). The van der Waals surface area contributed by atoms with Gasteiger partial charge in [-0.15, -0.1) is 0 Å². The number of hydrogen-bond donors (Lipinski definition) is 2. The van der Waals surface area contributed by atoms with Crippen molar-refractivity contribution in [1.82, 2.24) is 14.5 Å². The second-order valence-electron chi connectivity index (χ2n) is 7.83. The molecule has 0 bridgehead atoms. The summed E-state index contributed by atoms with van der Waals surface area (Å²) >= 11 is 0. The van der Waals surface area contributed by atoms with Gasteiger partial charge in [-0.3, -0.25) is 14.4 Å². The molecule has 0 unspecified atom stereocenters. The van der Waals surface area contributed by atoms with Gasteiger partial charge in [0.1, 0.15) is 5.75 Å². The summed E-state index contributed by atoms with van der Waals surface area (Å²) in [5, 5.41) is 5.21. The molecule has 2 N–H and O–H groups in total. The smallest absolute Gasteiger partial charge is 0.262 e. The molecule has 0 aliphatic carbocycles. The predicted molar refractivity (Wildman–Crippen MR) is 119 cm³/mol. The number of benzene rings is 2. The fourth-order valence-electron chi connectivity index (χ4n) is 3.62. The van der Waals surface area contributed by atoms with Crippen molar-refractivity contribution >= 4 is 33.4 Å². The van der Waals surface area contributed by atoms with Crippen molar-refractivity contribution in [3.05, 3.63) is 53.6 Å². The van der Waals surface area contributed by atoms with E-state index in [4.69, 9.17) is 4.74 Å². The van der Waals surface area contributed by atoms with Crippen molar-refractivity contribution in [2.45, 2.75) is 11.8 Å². The first-order valence-electron chi connectivity index (χ1n) is 10.4. The average Bonchev–Trinajstić information content (AvgIpc) is 2.82. The molecule has 0 spiro atoms. The second kappa shape index (κ2) is 9.20. The molecule has 2 aliphatic heterocycles. The van der Waals surface area contributed by atoms with Gasteiger partial charge in [-0.2, -0.15) is 4.31 Å². The number of ether oxygens (including phenoxy) is 1. The average molecular weight is 473 g/mol. The Morgan fingerprint density at radius 3 is 2.45 bits per heavy atom. The summed E-state index contributed by atoms with van der Waals surface area (Å²) in [6.07, 6.45) is 0. The van der Waals surface area contributed by atoms with Crippen LogP contribution < -0.4 is 15.4 Å². The molecule has 1 saturated heterocycles. The number of rotatable bonds is 5. The number of aryl methyl sites for hydroxylation is 1. The Morgan fingerprint density at radius 2 is 1.76 bits per heavy atom. The van der Waals surface area contributed by atoms with Crippen LogP contribution >= 0.6 is 0 Å². The van der Waals surface area contributed by atoms with E-state index in [1.165, 1.54) is 27.4 Å². The van der Waals surface area contributed by atoms with Crippen LogP contribution in [0.3, 0.4) is 0 Å². The molecule has 2 heterocycles. The molecule has 0 saturated carbocycles. The summed E-state index contributed by atoms with van der Waals surface area (Å²) < 4.78 is 32.6. The maximum Gasteiger partial charge on any atom is 0.262 e. The third-order valence-electron chi connectivity index (χ3n) is 5.53. The summed E-state index contributed by atoms with van der Waals surface area (Å²) in [6.45, 7) is 2.32. The number of amides is 3. The largest absolute Gasteiger partial charge is 0.482 e. The van der Waals surface area contributed by atoms with E-state index in [-0.39, 0.29) is 61.9 Å². The van der Waals surface area contributed by atoms with E-state index < -0.39 is 10.0 Å². The lowest BCUT2D eigenvalue weighted by molar-refractivity contribution is -0.131. The second-order valence-corrected chi connectivity index (χ2v) is 9.77. The van der Waals surface area contributed by atoms with Crippen LogP contribution in [0.2, 0.25) is 0 Å². The van der Waals surface area contributed by atoms with Crippen LogP contribution in [0.15, 0.2) is 47.4 Å². The first kappa shape index (κ1) is 22.7. The number of piperazine rings is 1. The van der Waals surface area contributed by atoms with Gasteiger partial charge in [0.25, 0.3) is 11.8 Å². The molecule has 11 heteroatoms. The van der Waals surface area contributed by atoms with Crippen LogP contribution in [-0.4, -0.2) is 74.7 Å². The highest BCUT2D eigenvalue weighted by Gasteiger charge is 2.31. The highest BCUT2D eigenvalue weighted by molar-refractivity contribution is 7.89. The van der Waals surface area contributed by atoms with Gasteiger partial charge in [-0.1, -0.05) is 17.7 Å². The monoisotopic (exact) mass is 472 g/mol. The quantitative estimate of drug-likeness (QED) is 0.656. The molecule has 10 nitrogen and oxygen atoms in total. The Kier molecular flexibility index (Phi) is 6.34. The highest BCUT2D eigenvalue weighted by Crippen LogP contribution is 2.31. The van der Waals surface area contributed by atoms with Crippen LogP contribution in [0.4, 0.5) is 5.69 Å². The van der Waals surface area contributed by atoms with E-state index in [2.05, 4.69) is 10.6 Å². The van der Waals surface area contributed by atoms with E-state index >= 15 is 0 Å². The number of carbonyl (C=O) groups excluding carboxylic acids is 3. The van der Waals surface area contributed by atoms with Crippen molar-refractivity contribution < 1.29 is 27.5 Å². The number of fused-ring (bicyclic) bond motifs is 1. The highest BCUT2D eigenvalue weighted by atomic mass is 32.2. The van der Waals surface area contributed by atoms with E-state index in [1.54, 1.807) is 12.1 Å². The van der Waals surface area contributed by atoms with Crippen molar-refractivity contribution in [2.24, 2.45) is 0 Å². The van der Waals surface area contributed by atoms with Gasteiger partial charge in [-0.25, -0.2) is 8.42 Å². The molecule has 33 heavy (non-hydrogen) atoms. The Labute approximate surface area is 191 Å². The van der Waals surface area contributed by atoms with Crippen molar-refractivity contribution in [3.8, 4) is 5.75 Å². The minimum atomic E-state index is -3.81. The molecule has 2 aromatic rings. The van der Waals surface area contributed by atoms with Crippen LogP contribution in [0.5, 0.6) is 5.75 Å². The van der Waals surface area contributed by atoms with Gasteiger partial charge in [0.05, 0.1) is 17.1 Å². The third kappa shape index (κ3) is 4.99. The summed E-state index contributed by atoms with van der Waals surface area (Å²) in [5.41, 5.74) is 1.81. The van der Waals surface area contributed by atoms with Gasteiger partial charge in [0.2, 0.25) is 15.9 Å². The van der Waals surface area contributed by atoms with Crippen LogP contribution in [-0.2, 0) is 19.6 Å². The van der Waals surface area contributed by atoms with E-state index in [0.29, 0.717) is 17.0 Å². The first-order chi connectivity index (χ1) is 15.7. The van der Waals surface area contributed by atoms with E-state index in [9.17, 15) is 22.8 Å². The molecular weight excluding hydrogens is 448 g/mol. The number of nitrogens with zero attached hydrogens (tertiary/aromatic N) is 2. The number of hydrogen-bond acceptors (Lipinski definition) is 6. The van der Waals surface area contributed by atoms with Crippen molar-refractivity contribution in [1.29, 1.82) is 0 Å². The minimum Gasteiger partial charge on any atom is -0.482 e. The molecule has 2 aliphatic rings. The maximum atomic E-state index is 13.0. The Morgan fingerprint density at radius 1 is 1.06 bits per heavy atom. The normalized spacial score (nSPS) is 16.4. The zero-order valence-electron chi connectivity index (χ0n) is 18.0. The Hall–Kier alpha value is -3.44. The molecule has 0 aromatic heterocycles. The van der Waals surface area contributed by atoms with Crippen LogP contribution in [0, 0.1) is 6.92 Å². The lowest BCUT2D eigenvalue weighted by atomic mass is 10.1. The summed E-state index contributed by atoms with van der Waals surface area (Å²) in [4.78, 5) is 37.8. The number of nitrogens with one attached hydrogen (secondary N) is 2. The topological polar surface area (TPSA) is 125 Å². The maximum absolute atomic E-state index is 13.0. The molecular formula is C22H24N4O6S. The molecule has 2 aromatic carbocycles. The number of sulfonamides is 1. The Balaban J connectivity index is 1.33. The lowest BCUT2D eigenvalue weighted by Crippen LogP contribution is -2.52. The van der Waals surface area contributed by atoms with Crippen molar-refractivity contribution in [3.63, 3.8) is 0 Å². The first-order valence-corrected chi connectivity index (χ1v) is 11.9. The van der Waals surface area contributed by atoms with Gasteiger partial charge >= 0.3 is 0 Å². The lowest BCUT2D eigenvalue weighted by Gasteiger charge is -2.34.